The fourth-order valence-electron chi connectivity index (χ4n) is 2.08. The molecule has 1 aromatic heterocycles. The van der Waals surface area contributed by atoms with Crippen LogP contribution < -0.4 is 5.43 Å². The van der Waals surface area contributed by atoms with Crippen LogP contribution in [0.1, 0.15) is 5.56 Å². The molecule has 0 atom stereocenters. The molecule has 0 bridgehead atoms. The predicted molar refractivity (Wildman–Crippen MR) is 87.1 cm³/mol. The Hall–Kier alpha value is -3.82. The van der Waals surface area contributed by atoms with E-state index in [0.29, 0.717) is 5.95 Å². The number of aromatic nitrogens is 2. The first kappa shape index (κ1) is 15.1. The molecule has 24 heavy (non-hydrogen) atoms. The number of hydrogen-bond donors (Lipinski definition) is 2. The van der Waals surface area contributed by atoms with E-state index >= 15 is 0 Å². The molecular formula is C14H10N6O4. The molecule has 120 valence electrons. The number of imidazole rings is 1. The number of para-hydroxylation sites is 2. The molecule has 3 aromatic rings. The largest absolute Gasteiger partial charge is 0.323 e. The second kappa shape index (κ2) is 6.12. The first-order valence-electron chi connectivity index (χ1n) is 6.70. The zero-order valence-corrected chi connectivity index (χ0v) is 12.0. The highest BCUT2D eigenvalue weighted by Gasteiger charge is 2.15. The molecule has 10 nitrogen and oxygen atoms in total. The van der Waals surface area contributed by atoms with Crippen LogP contribution in [0.5, 0.6) is 0 Å². The second-order valence-corrected chi connectivity index (χ2v) is 4.77. The molecular weight excluding hydrogens is 316 g/mol. The Labute approximate surface area is 134 Å². The minimum absolute atomic E-state index is 0.222. The SMILES string of the molecule is O=[N+]([O-])c1cc(/C=N\Nc2nc3ccccc3[nH]2)cc([N+](=O)[O-])c1. The predicted octanol–water partition coefficient (Wildman–Crippen LogP) is 2.83. The summed E-state index contributed by atoms with van der Waals surface area (Å²) < 4.78 is 0. The Morgan fingerprint density at radius 2 is 1.75 bits per heavy atom. The molecule has 2 N–H and O–H groups in total. The molecule has 0 fully saturated rings. The molecule has 0 saturated carbocycles. The van der Waals surface area contributed by atoms with E-state index in [1.807, 2.05) is 24.3 Å². The van der Waals surface area contributed by atoms with Crippen molar-refractivity contribution in [2.45, 2.75) is 0 Å². The van der Waals surface area contributed by atoms with E-state index in [-0.39, 0.29) is 16.9 Å². The molecule has 0 spiro atoms. The topological polar surface area (TPSA) is 139 Å². The van der Waals surface area contributed by atoms with Gasteiger partial charge < -0.3 is 4.98 Å². The Bertz CT molecular complexity index is 900. The van der Waals surface area contributed by atoms with E-state index in [0.717, 1.165) is 17.1 Å². The second-order valence-electron chi connectivity index (χ2n) is 4.77. The molecule has 0 aliphatic heterocycles. The number of anilines is 1. The van der Waals surface area contributed by atoms with Crippen LogP contribution in [-0.2, 0) is 0 Å². The van der Waals surface area contributed by atoms with Gasteiger partial charge in [-0.25, -0.2) is 10.4 Å². The number of aromatic amines is 1. The lowest BCUT2D eigenvalue weighted by molar-refractivity contribution is -0.394. The molecule has 1 heterocycles. The van der Waals surface area contributed by atoms with Gasteiger partial charge in [0, 0.05) is 17.7 Å². The summed E-state index contributed by atoms with van der Waals surface area (Å²) in [7, 11) is 0. The molecule has 0 saturated heterocycles. The van der Waals surface area contributed by atoms with Crippen molar-refractivity contribution in [2.75, 3.05) is 5.43 Å². The van der Waals surface area contributed by atoms with E-state index in [1.54, 1.807) is 0 Å². The summed E-state index contributed by atoms with van der Waals surface area (Å²) in [5.41, 5.74) is 3.68. The number of nitrogens with one attached hydrogen (secondary N) is 2. The summed E-state index contributed by atoms with van der Waals surface area (Å²) in [4.78, 5) is 27.5. The van der Waals surface area contributed by atoms with E-state index in [1.165, 1.54) is 18.3 Å². The smallest absolute Gasteiger partial charge is 0.276 e. The summed E-state index contributed by atoms with van der Waals surface area (Å²) in [6.45, 7) is 0. The van der Waals surface area contributed by atoms with Crippen molar-refractivity contribution in [1.82, 2.24) is 9.97 Å². The fraction of sp³-hybridized carbons (Fsp3) is 0. The standard InChI is InChI=1S/C14H10N6O4/c21-19(22)10-5-9(6-11(7-10)20(23)24)8-15-18-14-16-12-3-1-2-4-13(12)17-14/h1-8H,(H2,16,17,18)/b15-8-. The first-order chi connectivity index (χ1) is 11.5. The van der Waals surface area contributed by atoms with E-state index < -0.39 is 9.85 Å². The average Bonchev–Trinajstić information content (AvgIpc) is 2.97. The highest BCUT2D eigenvalue weighted by molar-refractivity contribution is 5.83. The van der Waals surface area contributed by atoms with Crippen LogP contribution in [0, 0.1) is 20.2 Å². The lowest BCUT2D eigenvalue weighted by Gasteiger charge is -1.97. The Morgan fingerprint density at radius 3 is 2.38 bits per heavy atom. The van der Waals surface area contributed by atoms with Gasteiger partial charge >= 0.3 is 0 Å². The number of rotatable bonds is 5. The maximum absolute atomic E-state index is 10.8. The highest BCUT2D eigenvalue weighted by atomic mass is 16.6. The van der Waals surface area contributed by atoms with Gasteiger partial charge in [0.2, 0.25) is 5.95 Å². The quantitative estimate of drug-likeness (QED) is 0.420. The maximum atomic E-state index is 10.8. The number of hydrogen-bond acceptors (Lipinski definition) is 7. The number of H-pyrrole nitrogens is 1. The summed E-state index contributed by atoms with van der Waals surface area (Å²) in [6.07, 6.45) is 1.24. The van der Waals surface area contributed by atoms with Gasteiger partial charge in [-0.2, -0.15) is 5.10 Å². The van der Waals surface area contributed by atoms with Crippen LogP contribution in [0.25, 0.3) is 11.0 Å². The third kappa shape index (κ3) is 3.16. The van der Waals surface area contributed by atoms with Crippen molar-refractivity contribution in [3.63, 3.8) is 0 Å². The monoisotopic (exact) mass is 326 g/mol. The number of nitrogens with zero attached hydrogens (tertiary/aromatic N) is 4. The average molecular weight is 326 g/mol. The molecule has 2 aromatic carbocycles. The van der Waals surface area contributed by atoms with Crippen LogP contribution in [0.4, 0.5) is 17.3 Å². The highest BCUT2D eigenvalue weighted by Crippen LogP contribution is 2.21. The van der Waals surface area contributed by atoms with Crippen LogP contribution >= 0.6 is 0 Å². The Kier molecular flexibility index (Phi) is 3.85. The number of nitro benzene ring substituents is 2. The third-order valence-electron chi connectivity index (χ3n) is 3.12. The van der Waals surface area contributed by atoms with Crippen molar-refractivity contribution >= 4 is 34.6 Å². The first-order valence-corrected chi connectivity index (χ1v) is 6.70. The zero-order valence-electron chi connectivity index (χ0n) is 12.0. The van der Waals surface area contributed by atoms with Crippen LogP contribution in [0.2, 0.25) is 0 Å². The van der Waals surface area contributed by atoms with Crippen molar-refractivity contribution < 1.29 is 9.85 Å². The minimum atomic E-state index is -0.697. The van der Waals surface area contributed by atoms with Crippen molar-refractivity contribution in [2.24, 2.45) is 5.10 Å². The minimum Gasteiger partial charge on any atom is -0.323 e. The van der Waals surface area contributed by atoms with E-state index in [9.17, 15) is 20.2 Å². The number of nitro groups is 2. The normalized spacial score (nSPS) is 11.0. The van der Waals surface area contributed by atoms with Crippen LogP contribution in [0.3, 0.4) is 0 Å². The van der Waals surface area contributed by atoms with Crippen LogP contribution in [-0.4, -0.2) is 26.0 Å². The lowest BCUT2D eigenvalue weighted by Crippen LogP contribution is -1.97. The number of fused-ring (bicyclic) bond motifs is 1. The summed E-state index contributed by atoms with van der Waals surface area (Å²) in [5, 5.41) is 25.6. The third-order valence-corrected chi connectivity index (χ3v) is 3.12. The number of non-ortho nitro benzene ring substituents is 2. The maximum Gasteiger partial charge on any atom is 0.276 e. The zero-order chi connectivity index (χ0) is 17.1. The van der Waals surface area contributed by atoms with Crippen molar-refractivity contribution in [3.05, 3.63) is 68.3 Å². The van der Waals surface area contributed by atoms with E-state index in [4.69, 9.17) is 0 Å². The van der Waals surface area contributed by atoms with Crippen molar-refractivity contribution in [1.29, 1.82) is 0 Å². The molecule has 0 amide bonds. The van der Waals surface area contributed by atoms with E-state index in [2.05, 4.69) is 20.5 Å². The summed E-state index contributed by atoms with van der Waals surface area (Å²) >= 11 is 0. The Balaban J connectivity index is 1.83. The molecule has 0 unspecified atom stereocenters. The van der Waals surface area contributed by atoms with Crippen LogP contribution in [0.15, 0.2) is 47.6 Å². The van der Waals surface area contributed by atoms with Gasteiger partial charge in [0.25, 0.3) is 11.4 Å². The summed E-state index contributed by atoms with van der Waals surface area (Å²) in [6, 6.07) is 10.7. The van der Waals surface area contributed by atoms with Gasteiger partial charge in [-0.3, -0.25) is 20.2 Å². The lowest BCUT2D eigenvalue weighted by atomic mass is 10.2. The fourth-order valence-corrected chi connectivity index (χ4v) is 2.08. The van der Waals surface area contributed by atoms with Gasteiger partial charge in [-0.05, 0) is 12.1 Å². The van der Waals surface area contributed by atoms with Crippen molar-refractivity contribution in [3.8, 4) is 0 Å². The van der Waals surface area contributed by atoms with Gasteiger partial charge in [-0.1, -0.05) is 12.1 Å². The Morgan fingerprint density at radius 1 is 1.08 bits per heavy atom. The molecule has 0 aliphatic rings. The van der Waals surface area contributed by atoms with Gasteiger partial charge in [0.1, 0.15) is 0 Å². The summed E-state index contributed by atoms with van der Waals surface area (Å²) in [5.74, 6) is 0.382. The number of hydrazone groups is 1. The molecule has 3 rings (SSSR count). The molecule has 0 aliphatic carbocycles. The molecule has 10 heteroatoms. The van der Waals surface area contributed by atoms with Gasteiger partial charge in [-0.15, -0.1) is 0 Å². The molecule has 0 radical (unpaired) electrons. The van der Waals surface area contributed by atoms with Gasteiger partial charge in [0.05, 0.1) is 33.2 Å². The van der Waals surface area contributed by atoms with Gasteiger partial charge in [0.15, 0.2) is 0 Å². The number of benzene rings is 2.